The van der Waals surface area contributed by atoms with Gasteiger partial charge in [0.15, 0.2) is 5.69 Å². The molecule has 0 saturated carbocycles. The number of nitrogens with zero attached hydrogens (tertiary/aromatic N) is 2. The average Bonchev–Trinajstić information content (AvgIpc) is 3.00. The van der Waals surface area contributed by atoms with E-state index in [-0.39, 0.29) is 0 Å². The van der Waals surface area contributed by atoms with Gasteiger partial charge in [-0.05, 0) is 25.1 Å². The van der Waals surface area contributed by atoms with Crippen LogP contribution >= 0.6 is 0 Å². The fourth-order valence-electron chi connectivity index (χ4n) is 2.22. The van der Waals surface area contributed by atoms with Crippen LogP contribution in [0.25, 0.3) is 16.9 Å². The van der Waals surface area contributed by atoms with E-state index in [1.165, 1.54) is 4.68 Å². The minimum atomic E-state index is -4.47. The first-order chi connectivity index (χ1) is 12.4. The lowest BCUT2D eigenvalue weighted by Gasteiger charge is -2.07. The second-order valence-electron chi connectivity index (χ2n) is 5.86. The Balaban J connectivity index is 0.000000465. The number of primary sulfonamides is 1. The van der Waals surface area contributed by atoms with Crippen molar-refractivity contribution in [3.8, 4) is 16.9 Å². The van der Waals surface area contributed by atoms with Gasteiger partial charge >= 0.3 is 6.18 Å². The van der Waals surface area contributed by atoms with E-state index in [9.17, 15) is 21.6 Å². The van der Waals surface area contributed by atoms with Gasteiger partial charge in [-0.2, -0.15) is 18.3 Å². The molecule has 3 rings (SSSR count). The van der Waals surface area contributed by atoms with Gasteiger partial charge in [0, 0.05) is 5.56 Å². The van der Waals surface area contributed by atoms with Crippen LogP contribution in [-0.2, 0) is 16.2 Å². The highest BCUT2D eigenvalue weighted by atomic mass is 32.2. The number of aryl methyl sites for hydroxylation is 1. The molecular formula is C18H18F3N3O2S. The van der Waals surface area contributed by atoms with E-state index < -0.39 is 21.9 Å². The number of hydrogen-bond acceptors (Lipinski definition) is 3. The molecule has 0 unspecified atom stereocenters. The molecule has 27 heavy (non-hydrogen) atoms. The third kappa shape index (κ3) is 6.22. The monoisotopic (exact) mass is 397 g/mol. The van der Waals surface area contributed by atoms with Crippen LogP contribution in [0.1, 0.15) is 11.3 Å². The van der Waals surface area contributed by atoms with Gasteiger partial charge in [-0.1, -0.05) is 48.0 Å². The van der Waals surface area contributed by atoms with E-state index in [0.717, 1.165) is 17.9 Å². The molecule has 0 radical (unpaired) electrons. The van der Waals surface area contributed by atoms with Crippen molar-refractivity contribution >= 4 is 10.0 Å². The second-order valence-corrected chi connectivity index (χ2v) is 7.51. The van der Waals surface area contributed by atoms with Crippen molar-refractivity contribution in [2.45, 2.75) is 13.1 Å². The first-order valence-electron chi connectivity index (χ1n) is 7.72. The molecule has 0 bridgehead atoms. The Bertz CT molecular complexity index is 989. The molecule has 0 aliphatic rings. The van der Waals surface area contributed by atoms with Crippen LogP contribution in [0, 0.1) is 6.92 Å². The number of aromatic nitrogens is 2. The summed E-state index contributed by atoms with van der Waals surface area (Å²) in [6.07, 6.45) is -3.54. The van der Waals surface area contributed by atoms with Crippen molar-refractivity contribution in [2.75, 3.05) is 6.26 Å². The normalized spacial score (nSPS) is 11.6. The first-order valence-corrected chi connectivity index (χ1v) is 9.68. The molecule has 0 fully saturated rings. The molecular weight excluding hydrogens is 379 g/mol. The molecule has 0 spiro atoms. The van der Waals surface area contributed by atoms with E-state index >= 15 is 0 Å². The van der Waals surface area contributed by atoms with Crippen LogP contribution in [0.2, 0.25) is 0 Å². The van der Waals surface area contributed by atoms with Crippen molar-refractivity contribution in [1.82, 2.24) is 9.78 Å². The number of para-hydroxylation sites is 1. The van der Waals surface area contributed by atoms with E-state index in [4.69, 9.17) is 0 Å². The fraction of sp³-hybridized carbons (Fsp3) is 0.167. The summed E-state index contributed by atoms with van der Waals surface area (Å²) >= 11 is 0. The van der Waals surface area contributed by atoms with Crippen LogP contribution in [0.3, 0.4) is 0 Å². The maximum absolute atomic E-state index is 13.0. The number of rotatable bonds is 2. The van der Waals surface area contributed by atoms with Gasteiger partial charge in [-0.3, -0.25) is 0 Å². The summed E-state index contributed by atoms with van der Waals surface area (Å²) in [6.45, 7) is 1.93. The lowest BCUT2D eigenvalue weighted by atomic mass is 10.1. The van der Waals surface area contributed by atoms with Gasteiger partial charge in [0.1, 0.15) is 0 Å². The predicted octanol–water partition coefficient (Wildman–Crippen LogP) is 3.77. The standard InChI is InChI=1S/C17H13F3N2.CH5NO2S/c1-12-7-9-13(10-8-12)15-11-16(17(18,19)20)21-22(15)14-5-3-2-4-6-14;1-5(2,3)4/h2-11H,1H3;1H3,(H2,2,3,4). The fourth-order valence-corrected chi connectivity index (χ4v) is 2.22. The minimum absolute atomic E-state index is 0.415. The molecule has 1 aromatic heterocycles. The zero-order chi connectivity index (χ0) is 20.2. The maximum atomic E-state index is 13.0. The molecule has 0 aliphatic heterocycles. The number of alkyl halides is 3. The predicted molar refractivity (Wildman–Crippen MR) is 97.8 cm³/mol. The Hall–Kier alpha value is -2.65. The topological polar surface area (TPSA) is 78.0 Å². The van der Waals surface area contributed by atoms with Crippen molar-refractivity contribution in [3.63, 3.8) is 0 Å². The quantitative estimate of drug-likeness (QED) is 0.715. The van der Waals surface area contributed by atoms with Crippen molar-refractivity contribution in [3.05, 3.63) is 71.9 Å². The summed E-state index contributed by atoms with van der Waals surface area (Å²) in [7, 11) is -3.17. The Morgan fingerprint density at radius 2 is 1.52 bits per heavy atom. The number of nitrogens with two attached hydrogens (primary N) is 1. The second kappa shape index (κ2) is 7.93. The third-order valence-electron chi connectivity index (χ3n) is 3.35. The molecule has 5 nitrogen and oxygen atoms in total. The third-order valence-corrected chi connectivity index (χ3v) is 3.35. The molecule has 9 heteroatoms. The molecule has 144 valence electrons. The number of hydrogen-bond donors (Lipinski definition) is 1. The van der Waals surface area contributed by atoms with Crippen LogP contribution in [0.15, 0.2) is 60.7 Å². The summed E-state index contributed by atoms with van der Waals surface area (Å²) in [4.78, 5) is 0. The molecule has 0 saturated heterocycles. The van der Waals surface area contributed by atoms with Crippen molar-refractivity contribution < 1.29 is 21.6 Å². The summed E-state index contributed by atoms with van der Waals surface area (Å²) in [5.41, 5.74) is 1.85. The smallest absolute Gasteiger partial charge is 0.233 e. The molecule has 2 aromatic carbocycles. The Morgan fingerprint density at radius 1 is 1.00 bits per heavy atom. The van der Waals surface area contributed by atoms with Gasteiger partial charge in [-0.25, -0.2) is 18.2 Å². The van der Waals surface area contributed by atoms with Gasteiger partial charge in [0.2, 0.25) is 10.0 Å². The molecule has 0 atom stereocenters. The minimum Gasteiger partial charge on any atom is -0.233 e. The van der Waals surface area contributed by atoms with E-state index in [1.54, 1.807) is 36.4 Å². The summed E-state index contributed by atoms with van der Waals surface area (Å²) in [6, 6.07) is 17.2. The SMILES string of the molecule is CS(N)(=O)=O.Cc1ccc(-c2cc(C(F)(F)F)nn2-c2ccccc2)cc1. The average molecular weight is 397 g/mol. The van der Waals surface area contributed by atoms with Crippen LogP contribution in [-0.4, -0.2) is 24.5 Å². The van der Waals surface area contributed by atoms with Crippen molar-refractivity contribution in [2.24, 2.45) is 5.14 Å². The van der Waals surface area contributed by atoms with Gasteiger partial charge in [-0.15, -0.1) is 0 Å². The molecule has 0 amide bonds. The van der Waals surface area contributed by atoms with Crippen LogP contribution in [0.4, 0.5) is 13.2 Å². The van der Waals surface area contributed by atoms with E-state index in [1.807, 2.05) is 25.1 Å². The van der Waals surface area contributed by atoms with Crippen molar-refractivity contribution in [1.29, 1.82) is 0 Å². The molecule has 1 heterocycles. The van der Waals surface area contributed by atoms with Crippen LogP contribution in [0.5, 0.6) is 0 Å². The Labute approximate surface area is 155 Å². The maximum Gasteiger partial charge on any atom is 0.435 e. The zero-order valence-electron chi connectivity index (χ0n) is 14.6. The molecule has 3 aromatic rings. The van der Waals surface area contributed by atoms with Crippen LogP contribution < -0.4 is 5.14 Å². The lowest BCUT2D eigenvalue weighted by molar-refractivity contribution is -0.141. The number of halogens is 3. The van der Waals surface area contributed by atoms with Gasteiger partial charge in [0.25, 0.3) is 0 Å². The molecule has 2 N–H and O–H groups in total. The number of benzene rings is 2. The van der Waals surface area contributed by atoms with E-state index in [0.29, 0.717) is 16.9 Å². The Kier molecular flexibility index (Phi) is 6.07. The zero-order valence-corrected chi connectivity index (χ0v) is 15.4. The first kappa shape index (κ1) is 20.7. The largest absolute Gasteiger partial charge is 0.435 e. The lowest BCUT2D eigenvalue weighted by Crippen LogP contribution is -2.07. The van der Waals surface area contributed by atoms with Gasteiger partial charge in [0.05, 0.1) is 17.6 Å². The number of sulfonamides is 1. The summed E-state index contributed by atoms with van der Waals surface area (Å²) in [5.74, 6) is 0. The molecule has 0 aliphatic carbocycles. The van der Waals surface area contributed by atoms with Gasteiger partial charge < -0.3 is 0 Å². The van der Waals surface area contributed by atoms with E-state index in [2.05, 4.69) is 10.2 Å². The summed E-state index contributed by atoms with van der Waals surface area (Å²) < 4.78 is 59.1. The highest BCUT2D eigenvalue weighted by Gasteiger charge is 2.35. The highest BCUT2D eigenvalue weighted by molar-refractivity contribution is 7.88. The Morgan fingerprint density at radius 3 is 2.00 bits per heavy atom. The highest BCUT2D eigenvalue weighted by Crippen LogP contribution is 2.33. The summed E-state index contributed by atoms with van der Waals surface area (Å²) in [5, 5.41) is 8.07.